The lowest BCUT2D eigenvalue weighted by molar-refractivity contribution is -0.119. The van der Waals surface area contributed by atoms with Crippen molar-refractivity contribution >= 4 is 36.0 Å². The Morgan fingerprint density at radius 3 is 2.71 bits per heavy atom. The Labute approximate surface area is 154 Å². The van der Waals surface area contributed by atoms with Crippen molar-refractivity contribution in [1.29, 1.82) is 0 Å². The molecule has 0 saturated carbocycles. The van der Waals surface area contributed by atoms with E-state index < -0.39 is 0 Å². The minimum absolute atomic E-state index is 0. The molecular weight excluding hydrogens is 346 g/mol. The number of likely N-dealkylation sites (tertiary alicyclic amines) is 1. The highest BCUT2D eigenvalue weighted by molar-refractivity contribution is 8.00. The molecule has 24 heavy (non-hydrogen) atoms. The van der Waals surface area contributed by atoms with Crippen LogP contribution in [0.5, 0.6) is 0 Å². The van der Waals surface area contributed by atoms with Gasteiger partial charge < -0.3 is 16.0 Å². The summed E-state index contributed by atoms with van der Waals surface area (Å²) in [5, 5.41) is 2.86. The van der Waals surface area contributed by atoms with Gasteiger partial charge in [-0.3, -0.25) is 9.59 Å². The van der Waals surface area contributed by atoms with Crippen LogP contribution < -0.4 is 11.1 Å². The summed E-state index contributed by atoms with van der Waals surface area (Å²) in [5.74, 6) is 0.731. The Balaban J connectivity index is 0.00000288. The van der Waals surface area contributed by atoms with Gasteiger partial charge in [0.25, 0.3) is 5.91 Å². The molecule has 0 aromatic heterocycles. The van der Waals surface area contributed by atoms with Crippen molar-refractivity contribution < 1.29 is 9.59 Å². The normalized spacial score (nSPS) is 16.8. The van der Waals surface area contributed by atoms with Crippen LogP contribution in [0.3, 0.4) is 0 Å². The molecule has 1 saturated heterocycles. The van der Waals surface area contributed by atoms with Crippen LogP contribution in [0.1, 0.15) is 30.6 Å². The van der Waals surface area contributed by atoms with E-state index >= 15 is 0 Å². The smallest absolute Gasteiger partial charge is 0.254 e. The minimum Gasteiger partial charge on any atom is -0.353 e. The van der Waals surface area contributed by atoms with Gasteiger partial charge >= 0.3 is 0 Å². The van der Waals surface area contributed by atoms with E-state index in [0.29, 0.717) is 23.8 Å². The van der Waals surface area contributed by atoms with Crippen LogP contribution in [0.25, 0.3) is 0 Å². The molecule has 1 aromatic carbocycles. The molecule has 2 rings (SSSR count). The highest BCUT2D eigenvalue weighted by atomic mass is 35.5. The maximum atomic E-state index is 12.7. The van der Waals surface area contributed by atoms with Crippen LogP contribution in [-0.2, 0) is 4.79 Å². The van der Waals surface area contributed by atoms with Gasteiger partial charge in [-0.2, -0.15) is 0 Å². The number of hydrogen-bond acceptors (Lipinski definition) is 4. The Bertz CT molecular complexity index is 569. The number of nitrogens with two attached hydrogens (primary N) is 1. The second-order valence-corrected chi connectivity index (χ2v) is 7.17. The molecule has 1 aliphatic heterocycles. The average molecular weight is 372 g/mol. The Kier molecular flexibility index (Phi) is 8.59. The monoisotopic (exact) mass is 371 g/mol. The summed E-state index contributed by atoms with van der Waals surface area (Å²) in [7, 11) is 0. The molecule has 0 radical (unpaired) electrons. The zero-order valence-electron chi connectivity index (χ0n) is 14.2. The van der Waals surface area contributed by atoms with Crippen molar-refractivity contribution in [1.82, 2.24) is 10.2 Å². The summed E-state index contributed by atoms with van der Waals surface area (Å²) < 4.78 is 0. The van der Waals surface area contributed by atoms with E-state index in [9.17, 15) is 9.59 Å². The SMILES string of the molecule is CC(C)NC(=O)CSc1ccccc1C(=O)N1CCC(CN)C1.Cl. The van der Waals surface area contributed by atoms with Crippen molar-refractivity contribution in [2.75, 3.05) is 25.4 Å². The van der Waals surface area contributed by atoms with Crippen LogP contribution in [0.4, 0.5) is 0 Å². The lowest BCUT2D eigenvalue weighted by Gasteiger charge is -2.18. The number of carbonyl (C=O) groups is 2. The summed E-state index contributed by atoms with van der Waals surface area (Å²) >= 11 is 1.41. The largest absolute Gasteiger partial charge is 0.353 e. The molecule has 0 spiro atoms. The van der Waals surface area contributed by atoms with Gasteiger partial charge in [-0.1, -0.05) is 12.1 Å². The van der Waals surface area contributed by atoms with E-state index in [1.807, 2.05) is 43.0 Å². The van der Waals surface area contributed by atoms with Crippen molar-refractivity contribution in [3.8, 4) is 0 Å². The number of carbonyl (C=O) groups excluding carboxylic acids is 2. The van der Waals surface area contributed by atoms with Gasteiger partial charge in [0, 0.05) is 24.0 Å². The zero-order chi connectivity index (χ0) is 16.8. The lowest BCUT2D eigenvalue weighted by Crippen LogP contribution is -2.32. The number of benzene rings is 1. The first-order valence-electron chi connectivity index (χ1n) is 8.01. The van der Waals surface area contributed by atoms with Crippen LogP contribution in [0.2, 0.25) is 0 Å². The van der Waals surface area contributed by atoms with E-state index in [1.54, 1.807) is 0 Å². The van der Waals surface area contributed by atoms with Gasteiger partial charge in [-0.25, -0.2) is 0 Å². The fourth-order valence-electron chi connectivity index (χ4n) is 2.66. The van der Waals surface area contributed by atoms with Crippen molar-refractivity contribution in [3.05, 3.63) is 29.8 Å². The second-order valence-electron chi connectivity index (χ2n) is 6.15. The zero-order valence-corrected chi connectivity index (χ0v) is 15.8. The van der Waals surface area contributed by atoms with E-state index in [-0.39, 0.29) is 30.3 Å². The fraction of sp³-hybridized carbons (Fsp3) is 0.529. The van der Waals surface area contributed by atoms with Crippen LogP contribution in [0.15, 0.2) is 29.2 Å². The first-order chi connectivity index (χ1) is 11.0. The predicted molar refractivity (Wildman–Crippen MR) is 101 cm³/mol. The first kappa shape index (κ1) is 20.8. The van der Waals surface area contributed by atoms with Gasteiger partial charge in [0.2, 0.25) is 5.91 Å². The fourth-order valence-corrected chi connectivity index (χ4v) is 3.51. The molecule has 1 atom stereocenters. The van der Waals surface area contributed by atoms with Gasteiger partial charge in [0.15, 0.2) is 0 Å². The predicted octanol–water partition coefficient (Wildman–Crippen LogP) is 2.15. The Morgan fingerprint density at radius 2 is 2.08 bits per heavy atom. The van der Waals surface area contributed by atoms with Crippen molar-refractivity contribution in [2.24, 2.45) is 11.7 Å². The molecule has 1 aromatic rings. The highest BCUT2D eigenvalue weighted by Gasteiger charge is 2.27. The third kappa shape index (κ3) is 5.69. The first-order valence-corrected chi connectivity index (χ1v) is 9.00. The molecular formula is C17H26ClN3O2S. The van der Waals surface area contributed by atoms with Crippen molar-refractivity contribution in [2.45, 2.75) is 31.2 Å². The summed E-state index contributed by atoms with van der Waals surface area (Å²) in [4.78, 5) is 27.2. The molecule has 7 heteroatoms. The van der Waals surface area contributed by atoms with Gasteiger partial charge in [-0.05, 0) is 44.9 Å². The van der Waals surface area contributed by atoms with E-state index in [1.165, 1.54) is 11.8 Å². The maximum absolute atomic E-state index is 12.7. The van der Waals surface area contributed by atoms with Gasteiger partial charge in [0.1, 0.15) is 0 Å². The van der Waals surface area contributed by atoms with Crippen molar-refractivity contribution in [3.63, 3.8) is 0 Å². The molecule has 1 fully saturated rings. The average Bonchev–Trinajstić information content (AvgIpc) is 3.01. The number of rotatable bonds is 6. The molecule has 5 nitrogen and oxygen atoms in total. The third-order valence-electron chi connectivity index (χ3n) is 3.83. The quantitative estimate of drug-likeness (QED) is 0.751. The summed E-state index contributed by atoms with van der Waals surface area (Å²) in [6, 6.07) is 7.61. The molecule has 1 unspecified atom stereocenters. The van der Waals surface area contributed by atoms with Gasteiger partial charge in [-0.15, -0.1) is 24.2 Å². The lowest BCUT2D eigenvalue weighted by atomic mass is 10.1. The van der Waals surface area contributed by atoms with E-state index in [2.05, 4.69) is 5.32 Å². The Hall–Kier alpha value is -1.24. The number of halogens is 1. The van der Waals surface area contributed by atoms with E-state index in [4.69, 9.17) is 5.73 Å². The van der Waals surface area contributed by atoms with Crippen LogP contribution in [0, 0.1) is 5.92 Å². The molecule has 0 bridgehead atoms. The molecule has 134 valence electrons. The molecule has 0 aliphatic carbocycles. The topological polar surface area (TPSA) is 75.4 Å². The molecule has 1 aliphatic rings. The van der Waals surface area contributed by atoms with E-state index in [0.717, 1.165) is 24.4 Å². The summed E-state index contributed by atoms with van der Waals surface area (Å²) in [5.41, 5.74) is 6.37. The number of hydrogen-bond donors (Lipinski definition) is 2. The molecule has 1 heterocycles. The molecule has 2 amide bonds. The summed E-state index contributed by atoms with van der Waals surface area (Å²) in [6.07, 6.45) is 0.967. The van der Waals surface area contributed by atoms with Crippen LogP contribution >= 0.6 is 24.2 Å². The van der Waals surface area contributed by atoms with Gasteiger partial charge in [0.05, 0.1) is 11.3 Å². The second kappa shape index (κ2) is 9.91. The summed E-state index contributed by atoms with van der Waals surface area (Å²) in [6.45, 7) is 5.97. The van der Waals surface area contributed by atoms with Crippen LogP contribution in [-0.4, -0.2) is 48.1 Å². The third-order valence-corrected chi connectivity index (χ3v) is 4.91. The minimum atomic E-state index is -0.0170. The number of nitrogens with zero attached hydrogens (tertiary/aromatic N) is 1. The number of thioether (sulfide) groups is 1. The standard InChI is InChI=1S/C17H25N3O2S.ClH/c1-12(2)19-16(21)11-23-15-6-4-3-5-14(15)17(22)20-8-7-13(9-18)10-20;/h3-6,12-13H,7-11,18H2,1-2H3,(H,19,21);1H. The molecule has 3 N–H and O–H groups in total. The number of amides is 2. The highest BCUT2D eigenvalue weighted by Crippen LogP contribution is 2.26. The maximum Gasteiger partial charge on any atom is 0.254 e. The Morgan fingerprint density at radius 1 is 1.38 bits per heavy atom. The number of nitrogens with one attached hydrogen (secondary N) is 1.